The van der Waals surface area contributed by atoms with Gasteiger partial charge in [0.25, 0.3) is 0 Å². The number of morpholine rings is 1. The monoisotopic (exact) mass is 206 g/mol. The summed E-state index contributed by atoms with van der Waals surface area (Å²) < 4.78 is 5.27. The van der Waals surface area contributed by atoms with E-state index in [9.17, 15) is 0 Å². The zero-order valence-electron chi connectivity index (χ0n) is 8.44. The lowest BCUT2D eigenvalue weighted by atomic mass is 10.2. The minimum Gasteiger partial charge on any atom is -0.382 e. The standard InChI is InChI=1S/C10H14N4O/c11-10(12)9-7-8(1-2-13-9)14-3-5-15-6-4-14/h1-2,7H,3-6H2,(H3,11,12). The number of nitrogens with two attached hydrogens (primary N) is 1. The van der Waals surface area contributed by atoms with E-state index in [1.807, 2.05) is 12.1 Å². The zero-order valence-corrected chi connectivity index (χ0v) is 8.44. The molecule has 0 radical (unpaired) electrons. The van der Waals surface area contributed by atoms with Crippen LogP contribution >= 0.6 is 0 Å². The van der Waals surface area contributed by atoms with Crippen molar-refractivity contribution < 1.29 is 4.74 Å². The van der Waals surface area contributed by atoms with E-state index in [-0.39, 0.29) is 5.84 Å². The number of nitrogens with zero attached hydrogens (tertiary/aromatic N) is 2. The Morgan fingerprint density at radius 3 is 2.87 bits per heavy atom. The number of anilines is 1. The van der Waals surface area contributed by atoms with Crippen LogP contribution in [0.25, 0.3) is 0 Å². The highest BCUT2D eigenvalue weighted by Gasteiger charge is 2.11. The quantitative estimate of drug-likeness (QED) is 0.535. The van der Waals surface area contributed by atoms with Crippen molar-refractivity contribution in [3.63, 3.8) is 0 Å². The molecule has 80 valence electrons. The van der Waals surface area contributed by atoms with Crippen molar-refractivity contribution in [2.24, 2.45) is 5.73 Å². The summed E-state index contributed by atoms with van der Waals surface area (Å²) in [7, 11) is 0. The molecule has 2 heterocycles. The molecule has 1 saturated heterocycles. The molecule has 0 bridgehead atoms. The zero-order chi connectivity index (χ0) is 10.7. The number of ether oxygens (including phenoxy) is 1. The van der Waals surface area contributed by atoms with Crippen molar-refractivity contribution in [3.8, 4) is 0 Å². The van der Waals surface area contributed by atoms with Crippen LogP contribution in [0.1, 0.15) is 5.69 Å². The number of rotatable bonds is 2. The van der Waals surface area contributed by atoms with E-state index in [1.54, 1.807) is 6.20 Å². The molecule has 15 heavy (non-hydrogen) atoms. The van der Waals surface area contributed by atoms with Crippen molar-refractivity contribution in [3.05, 3.63) is 24.0 Å². The molecule has 2 rings (SSSR count). The van der Waals surface area contributed by atoms with Gasteiger partial charge in [-0.25, -0.2) is 0 Å². The fraction of sp³-hybridized carbons (Fsp3) is 0.400. The molecule has 1 aliphatic rings. The van der Waals surface area contributed by atoms with Crippen molar-refractivity contribution in [1.29, 1.82) is 5.41 Å². The Morgan fingerprint density at radius 2 is 2.20 bits per heavy atom. The van der Waals surface area contributed by atoms with Crippen LogP contribution in [0.3, 0.4) is 0 Å². The first kappa shape index (κ1) is 9.92. The molecule has 1 aliphatic heterocycles. The molecule has 0 atom stereocenters. The summed E-state index contributed by atoms with van der Waals surface area (Å²) in [6.07, 6.45) is 1.68. The van der Waals surface area contributed by atoms with Crippen molar-refractivity contribution >= 4 is 11.5 Å². The molecule has 0 aromatic carbocycles. The van der Waals surface area contributed by atoms with Crippen LogP contribution < -0.4 is 10.6 Å². The lowest BCUT2D eigenvalue weighted by molar-refractivity contribution is 0.122. The molecule has 0 unspecified atom stereocenters. The SMILES string of the molecule is N=C(N)c1cc(N2CCOCC2)ccn1. The second-order valence-electron chi connectivity index (χ2n) is 3.41. The van der Waals surface area contributed by atoms with Gasteiger partial charge in [0.2, 0.25) is 0 Å². The van der Waals surface area contributed by atoms with Crippen LogP contribution in [-0.2, 0) is 4.74 Å². The van der Waals surface area contributed by atoms with Gasteiger partial charge in [0.15, 0.2) is 0 Å². The van der Waals surface area contributed by atoms with Gasteiger partial charge >= 0.3 is 0 Å². The number of nitrogen functional groups attached to an aromatic ring is 1. The summed E-state index contributed by atoms with van der Waals surface area (Å²) in [4.78, 5) is 6.23. The summed E-state index contributed by atoms with van der Waals surface area (Å²) in [5.74, 6) is 0.00473. The third-order valence-corrected chi connectivity index (χ3v) is 2.40. The second kappa shape index (κ2) is 4.27. The highest BCUT2D eigenvalue weighted by molar-refractivity contribution is 5.93. The predicted molar refractivity (Wildman–Crippen MR) is 58.3 cm³/mol. The van der Waals surface area contributed by atoms with Crippen molar-refractivity contribution in [2.45, 2.75) is 0 Å². The van der Waals surface area contributed by atoms with Crippen LogP contribution in [0.2, 0.25) is 0 Å². The topological polar surface area (TPSA) is 75.2 Å². The van der Waals surface area contributed by atoms with Crippen molar-refractivity contribution in [1.82, 2.24) is 4.98 Å². The summed E-state index contributed by atoms with van der Waals surface area (Å²) in [5, 5.41) is 7.32. The highest BCUT2D eigenvalue weighted by Crippen LogP contribution is 2.15. The van der Waals surface area contributed by atoms with E-state index in [0.717, 1.165) is 32.0 Å². The van der Waals surface area contributed by atoms with E-state index in [1.165, 1.54) is 0 Å². The maximum absolute atomic E-state index is 7.32. The number of amidine groups is 1. The third-order valence-electron chi connectivity index (χ3n) is 2.40. The van der Waals surface area contributed by atoms with E-state index in [4.69, 9.17) is 15.9 Å². The Bertz CT molecular complexity index is 360. The third kappa shape index (κ3) is 2.24. The second-order valence-corrected chi connectivity index (χ2v) is 3.41. The first-order chi connectivity index (χ1) is 7.27. The Labute approximate surface area is 88.4 Å². The maximum atomic E-state index is 7.32. The van der Waals surface area contributed by atoms with Gasteiger partial charge in [-0.15, -0.1) is 0 Å². The van der Waals surface area contributed by atoms with Gasteiger partial charge in [-0.2, -0.15) is 0 Å². The predicted octanol–water partition coefficient (Wildman–Crippen LogP) is 0.202. The molecular weight excluding hydrogens is 192 g/mol. The molecule has 1 aromatic heterocycles. The first-order valence-corrected chi connectivity index (χ1v) is 4.90. The Morgan fingerprint density at radius 1 is 1.47 bits per heavy atom. The molecule has 0 saturated carbocycles. The molecule has 5 heteroatoms. The Kier molecular flexibility index (Phi) is 2.82. The summed E-state index contributed by atoms with van der Waals surface area (Å²) in [5.41, 5.74) is 6.97. The minimum absolute atomic E-state index is 0.00473. The molecule has 0 spiro atoms. The molecule has 0 amide bonds. The van der Waals surface area contributed by atoms with Crippen LogP contribution in [-0.4, -0.2) is 37.1 Å². The minimum atomic E-state index is 0.00473. The Balaban J connectivity index is 2.19. The number of aromatic nitrogens is 1. The Hall–Kier alpha value is -1.62. The van der Waals surface area contributed by atoms with Gasteiger partial charge in [0, 0.05) is 25.0 Å². The molecule has 1 fully saturated rings. The summed E-state index contributed by atoms with van der Waals surface area (Å²) >= 11 is 0. The normalized spacial score (nSPS) is 16.4. The van der Waals surface area contributed by atoms with Crippen molar-refractivity contribution in [2.75, 3.05) is 31.2 Å². The molecule has 3 N–H and O–H groups in total. The van der Waals surface area contributed by atoms with Gasteiger partial charge in [-0.1, -0.05) is 0 Å². The molecule has 0 aliphatic carbocycles. The highest BCUT2D eigenvalue weighted by atomic mass is 16.5. The number of hydrogen-bond acceptors (Lipinski definition) is 4. The van der Waals surface area contributed by atoms with Gasteiger partial charge in [-0.05, 0) is 12.1 Å². The van der Waals surface area contributed by atoms with Gasteiger partial charge in [-0.3, -0.25) is 10.4 Å². The maximum Gasteiger partial charge on any atom is 0.141 e. The number of pyridine rings is 1. The van der Waals surface area contributed by atoms with Gasteiger partial charge in [0.05, 0.1) is 13.2 Å². The number of nitrogens with one attached hydrogen (secondary N) is 1. The van der Waals surface area contributed by atoms with E-state index in [0.29, 0.717) is 5.69 Å². The average molecular weight is 206 g/mol. The summed E-state index contributed by atoms with van der Waals surface area (Å²) in [6, 6.07) is 3.77. The largest absolute Gasteiger partial charge is 0.382 e. The van der Waals surface area contributed by atoms with Gasteiger partial charge in [0.1, 0.15) is 11.5 Å². The molecule has 5 nitrogen and oxygen atoms in total. The van der Waals surface area contributed by atoms with E-state index < -0.39 is 0 Å². The molecule has 1 aromatic rings. The average Bonchev–Trinajstić information content (AvgIpc) is 2.30. The summed E-state index contributed by atoms with van der Waals surface area (Å²) in [6.45, 7) is 3.25. The first-order valence-electron chi connectivity index (χ1n) is 4.90. The van der Waals surface area contributed by atoms with Crippen LogP contribution in [0.5, 0.6) is 0 Å². The van der Waals surface area contributed by atoms with Crippen LogP contribution in [0.4, 0.5) is 5.69 Å². The van der Waals surface area contributed by atoms with Gasteiger partial charge < -0.3 is 15.4 Å². The van der Waals surface area contributed by atoms with Crippen LogP contribution in [0.15, 0.2) is 18.3 Å². The molecular formula is C10H14N4O. The fourth-order valence-corrected chi connectivity index (χ4v) is 1.58. The lowest BCUT2D eigenvalue weighted by Crippen LogP contribution is -2.36. The lowest BCUT2D eigenvalue weighted by Gasteiger charge is -2.28. The smallest absolute Gasteiger partial charge is 0.141 e. The number of hydrogen-bond donors (Lipinski definition) is 2. The van der Waals surface area contributed by atoms with Crippen LogP contribution in [0, 0.1) is 5.41 Å². The fourth-order valence-electron chi connectivity index (χ4n) is 1.58. The van der Waals surface area contributed by atoms with E-state index in [2.05, 4.69) is 9.88 Å². The van der Waals surface area contributed by atoms with E-state index >= 15 is 0 Å².